The second-order valence-corrected chi connectivity index (χ2v) is 6.25. The van der Waals surface area contributed by atoms with Gasteiger partial charge in [-0.2, -0.15) is 5.10 Å². The Morgan fingerprint density at radius 1 is 1.40 bits per heavy atom. The van der Waals surface area contributed by atoms with E-state index in [9.17, 15) is 4.79 Å². The third-order valence-corrected chi connectivity index (χ3v) is 3.41. The van der Waals surface area contributed by atoms with E-state index in [0.717, 1.165) is 17.8 Å². The lowest BCUT2D eigenvalue weighted by molar-refractivity contribution is -0.157. The van der Waals surface area contributed by atoms with Crippen LogP contribution in [0.5, 0.6) is 0 Å². The van der Waals surface area contributed by atoms with Crippen molar-refractivity contribution in [2.45, 2.75) is 72.6 Å². The van der Waals surface area contributed by atoms with Crippen molar-refractivity contribution in [2.24, 2.45) is 5.73 Å². The van der Waals surface area contributed by atoms with Crippen LogP contribution in [-0.4, -0.2) is 27.4 Å². The van der Waals surface area contributed by atoms with Crippen LogP contribution >= 0.6 is 0 Å². The lowest BCUT2D eigenvalue weighted by Gasteiger charge is -2.25. The molecule has 0 bridgehead atoms. The van der Waals surface area contributed by atoms with Crippen LogP contribution in [0, 0.1) is 13.8 Å². The molecule has 2 unspecified atom stereocenters. The van der Waals surface area contributed by atoms with E-state index in [-0.39, 0.29) is 6.04 Å². The highest BCUT2D eigenvalue weighted by molar-refractivity contribution is 5.76. The van der Waals surface area contributed by atoms with Gasteiger partial charge in [0.15, 0.2) is 0 Å². The largest absolute Gasteiger partial charge is 0.459 e. The first-order valence-electron chi connectivity index (χ1n) is 7.11. The second-order valence-electron chi connectivity index (χ2n) is 6.25. The molecule has 0 radical (unpaired) electrons. The molecule has 1 rings (SSSR count). The van der Waals surface area contributed by atoms with Gasteiger partial charge in [0.25, 0.3) is 0 Å². The summed E-state index contributed by atoms with van der Waals surface area (Å²) in [6.07, 6.45) is 0.923. The summed E-state index contributed by atoms with van der Waals surface area (Å²) in [5, 5.41) is 4.51. The summed E-state index contributed by atoms with van der Waals surface area (Å²) in [6, 6.07) is -0.958. The van der Waals surface area contributed by atoms with Gasteiger partial charge >= 0.3 is 5.97 Å². The Bertz CT molecular complexity index is 486. The number of rotatable bonds is 4. The van der Waals surface area contributed by atoms with Gasteiger partial charge in [0.2, 0.25) is 0 Å². The van der Waals surface area contributed by atoms with Crippen molar-refractivity contribution in [3.63, 3.8) is 0 Å². The topological polar surface area (TPSA) is 70.1 Å². The lowest BCUT2D eigenvalue weighted by Crippen LogP contribution is -2.43. The summed E-state index contributed by atoms with van der Waals surface area (Å²) >= 11 is 0. The van der Waals surface area contributed by atoms with Gasteiger partial charge in [0.05, 0.1) is 11.7 Å². The van der Waals surface area contributed by atoms with Gasteiger partial charge in [-0.3, -0.25) is 9.48 Å². The summed E-state index contributed by atoms with van der Waals surface area (Å²) in [7, 11) is 0. The third-order valence-electron chi connectivity index (χ3n) is 3.41. The van der Waals surface area contributed by atoms with Crippen molar-refractivity contribution in [1.29, 1.82) is 0 Å². The van der Waals surface area contributed by atoms with Crippen molar-refractivity contribution >= 4 is 5.97 Å². The Morgan fingerprint density at radius 2 is 1.95 bits per heavy atom. The Kier molecular flexibility index (Phi) is 4.97. The van der Waals surface area contributed by atoms with Crippen molar-refractivity contribution in [1.82, 2.24) is 9.78 Å². The number of nitrogens with two attached hydrogens (primary N) is 1. The molecule has 20 heavy (non-hydrogen) atoms. The maximum absolute atomic E-state index is 12.1. The van der Waals surface area contributed by atoms with E-state index in [1.54, 1.807) is 0 Å². The molecule has 5 nitrogen and oxygen atoms in total. The molecule has 0 aromatic carbocycles. The monoisotopic (exact) mass is 281 g/mol. The molecule has 1 aromatic rings. The van der Waals surface area contributed by atoms with E-state index in [1.165, 1.54) is 5.56 Å². The zero-order valence-electron chi connectivity index (χ0n) is 13.7. The molecule has 0 fully saturated rings. The van der Waals surface area contributed by atoms with Crippen LogP contribution in [0.15, 0.2) is 0 Å². The number of ether oxygens (including phenoxy) is 1. The Hall–Kier alpha value is -1.36. The van der Waals surface area contributed by atoms with Crippen molar-refractivity contribution in [3.8, 4) is 0 Å². The minimum atomic E-state index is -0.725. The quantitative estimate of drug-likeness (QED) is 0.860. The normalized spacial score (nSPS) is 15.0. The summed E-state index contributed by atoms with van der Waals surface area (Å²) in [4.78, 5) is 12.1. The number of carbonyl (C=O) groups is 1. The highest BCUT2D eigenvalue weighted by atomic mass is 16.6. The summed E-state index contributed by atoms with van der Waals surface area (Å²) < 4.78 is 7.18. The Labute approximate surface area is 121 Å². The number of aryl methyl sites for hydroxylation is 1. The van der Waals surface area contributed by atoms with Crippen LogP contribution in [0.3, 0.4) is 0 Å². The van der Waals surface area contributed by atoms with Crippen LogP contribution in [0.1, 0.15) is 57.6 Å². The van der Waals surface area contributed by atoms with Crippen molar-refractivity contribution < 1.29 is 9.53 Å². The van der Waals surface area contributed by atoms with Gasteiger partial charge in [-0.25, -0.2) is 0 Å². The molecule has 2 atom stereocenters. The van der Waals surface area contributed by atoms with Gasteiger partial charge in [-0.05, 0) is 53.5 Å². The SMILES string of the molecule is CCc1c(C)nn(C(C)C(N)C(=O)OC(C)(C)C)c1C. The fraction of sp³-hybridized carbons (Fsp3) is 0.733. The van der Waals surface area contributed by atoms with E-state index < -0.39 is 17.6 Å². The van der Waals surface area contributed by atoms with E-state index in [2.05, 4.69) is 12.0 Å². The molecule has 0 aliphatic carbocycles. The van der Waals surface area contributed by atoms with Gasteiger partial charge in [-0.15, -0.1) is 0 Å². The van der Waals surface area contributed by atoms with E-state index in [1.807, 2.05) is 46.2 Å². The second kappa shape index (κ2) is 5.95. The van der Waals surface area contributed by atoms with Crippen molar-refractivity contribution in [2.75, 3.05) is 0 Å². The minimum absolute atomic E-state index is 0.233. The Morgan fingerprint density at radius 3 is 2.35 bits per heavy atom. The molecule has 0 amide bonds. The molecule has 5 heteroatoms. The molecule has 2 N–H and O–H groups in total. The number of esters is 1. The van der Waals surface area contributed by atoms with Crippen LogP contribution in [0.25, 0.3) is 0 Å². The first kappa shape index (κ1) is 16.7. The first-order valence-corrected chi connectivity index (χ1v) is 7.11. The average molecular weight is 281 g/mol. The van der Waals surface area contributed by atoms with Crippen LogP contribution in [-0.2, 0) is 16.0 Å². The third kappa shape index (κ3) is 3.60. The van der Waals surface area contributed by atoms with Gasteiger partial charge in [-0.1, -0.05) is 6.92 Å². The van der Waals surface area contributed by atoms with Crippen LogP contribution in [0.4, 0.5) is 0 Å². The fourth-order valence-electron chi connectivity index (χ4n) is 2.32. The van der Waals surface area contributed by atoms with E-state index >= 15 is 0 Å². The average Bonchev–Trinajstić information content (AvgIpc) is 2.60. The van der Waals surface area contributed by atoms with Gasteiger partial charge in [0, 0.05) is 5.69 Å². The number of nitrogens with zero attached hydrogens (tertiary/aromatic N) is 2. The smallest absolute Gasteiger partial charge is 0.325 e. The van der Waals surface area contributed by atoms with E-state index in [4.69, 9.17) is 10.5 Å². The molecular weight excluding hydrogens is 254 g/mol. The van der Waals surface area contributed by atoms with Gasteiger partial charge in [0.1, 0.15) is 11.6 Å². The molecule has 0 spiro atoms. The summed E-state index contributed by atoms with van der Waals surface area (Å²) in [6.45, 7) is 13.5. The molecule has 1 heterocycles. The number of hydrogen-bond acceptors (Lipinski definition) is 4. The molecule has 1 aromatic heterocycles. The lowest BCUT2D eigenvalue weighted by atomic mass is 10.1. The first-order chi connectivity index (χ1) is 9.08. The predicted octanol–water partition coefficient (Wildman–Crippen LogP) is 2.29. The Balaban J connectivity index is 2.95. The molecule has 114 valence electrons. The number of aromatic nitrogens is 2. The van der Waals surface area contributed by atoms with Gasteiger partial charge < -0.3 is 10.5 Å². The highest BCUT2D eigenvalue weighted by Crippen LogP contribution is 2.20. The van der Waals surface area contributed by atoms with Crippen LogP contribution in [0.2, 0.25) is 0 Å². The summed E-state index contributed by atoms with van der Waals surface area (Å²) in [5.41, 5.74) is 8.78. The fourth-order valence-corrected chi connectivity index (χ4v) is 2.32. The van der Waals surface area contributed by atoms with Crippen molar-refractivity contribution in [3.05, 3.63) is 17.0 Å². The molecule has 0 aliphatic rings. The number of hydrogen-bond donors (Lipinski definition) is 1. The highest BCUT2D eigenvalue weighted by Gasteiger charge is 2.29. The standard InChI is InChI=1S/C15H27N3O2/c1-8-12-9(2)17-18(10(12)3)11(4)13(16)14(19)20-15(5,6)7/h11,13H,8,16H2,1-7H3. The maximum Gasteiger partial charge on any atom is 0.325 e. The van der Waals surface area contributed by atoms with E-state index in [0.29, 0.717) is 0 Å². The predicted molar refractivity (Wildman–Crippen MR) is 79.6 cm³/mol. The molecular formula is C15H27N3O2. The molecule has 0 saturated heterocycles. The zero-order valence-corrected chi connectivity index (χ0v) is 13.7. The summed E-state index contributed by atoms with van der Waals surface area (Å²) in [5.74, 6) is -0.393. The van der Waals surface area contributed by atoms with Crippen LogP contribution < -0.4 is 5.73 Å². The molecule has 0 aliphatic heterocycles. The number of carbonyl (C=O) groups excluding carboxylic acids is 1. The maximum atomic E-state index is 12.1. The zero-order chi connectivity index (χ0) is 15.7. The minimum Gasteiger partial charge on any atom is -0.459 e. The molecule has 0 saturated carbocycles.